The van der Waals surface area contributed by atoms with Crippen molar-refractivity contribution >= 4 is 29.9 Å². The number of ether oxygens (including phenoxy) is 2. The van der Waals surface area contributed by atoms with Gasteiger partial charge in [-0.05, 0) is 32.4 Å². The van der Waals surface area contributed by atoms with Gasteiger partial charge in [-0.1, -0.05) is 18.2 Å². The van der Waals surface area contributed by atoms with E-state index in [0.717, 1.165) is 23.8 Å². The van der Waals surface area contributed by atoms with Gasteiger partial charge in [0.15, 0.2) is 5.96 Å². The molecular weight excluding hydrogens is 393 g/mol. The van der Waals surface area contributed by atoms with E-state index >= 15 is 0 Å². The van der Waals surface area contributed by atoms with Crippen molar-refractivity contribution in [3.63, 3.8) is 0 Å². The molecule has 22 heavy (non-hydrogen) atoms. The van der Waals surface area contributed by atoms with E-state index in [1.807, 2.05) is 38.1 Å². The van der Waals surface area contributed by atoms with Crippen molar-refractivity contribution in [1.29, 1.82) is 0 Å². The van der Waals surface area contributed by atoms with Crippen LogP contribution in [0.2, 0.25) is 0 Å². The Morgan fingerprint density at radius 2 is 2.05 bits per heavy atom. The average molecular weight is 421 g/mol. The first-order chi connectivity index (χ1) is 10.2. The third kappa shape index (κ3) is 8.43. The van der Waals surface area contributed by atoms with Crippen molar-refractivity contribution in [2.75, 3.05) is 33.4 Å². The topological polar surface area (TPSA) is 54.9 Å². The van der Waals surface area contributed by atoms with Gasteiger partial charge in [0.05, 0.1) is 13.2 Å². The van der Waals surface area contributed by atoms with Crippen LogP contribution in [0, 0.1) is 6.92 Å². The van der Waals surface area contributed by atoms with Crippen molar-refractivity contribution in [3.05, 3.63) is 29.8 Å². The molecule has 0 amide bonds. The Hall–Kier alpha value is -1.02. The van der Waals surface area contributed by atoms with E-state index in [0.29, 0.717) is 19.8 Å². The number of guanidine groups is 1. The van der Waals surface area contributed by atoms with E-state index in [1.54, 1.807) is 7.11 Å². The van der Waals surface area contributed by atoms with Gasteiger partial charge in [0.2, 0.25) is 0 Å². The van der Waals surface area contributed by atoms with Crippen LogP contribution < -0.4 is 15.4 Å². The minimum Gasteiger partial charge on any atom is -0.491 e. The van der Waals surface area contributed by atoms with Crippen molar-refractivity contribution in [1.82, 2.24) is 10.6 Å². The Balaban J connectivity index is 0.00000441. The summed E-state index contributed by atoms with van der Waals surface area (Å²) in [6.45, 7) is 8.76. The molecule has 6 heteroatoms. The number of nitrogens with zero attached hydrogens (tertiary/aromatic N) is 1. The maximum Gasteiger partial charge on any atom is 0.191 e. The summed E-state index contributed by atoms with van der Waals surface area (Å²) >= 11 is 0. The van der Waals surface area contributed by atoms with Crippen LogP contribution in [0.3, 0.4) is 0 Å². The molecule has 0 spiro atoms. The zero-order valence-corrected chi connectivity index (χ0v) is 16.2. The molecule has 1 atom stereocenters. The molecule has 0 aliphatic rings. The number of hydrogen-bond acceptors (Lipinski definition) is 3. The van der Waals surface area contributed by atoms with E-state index in [2.05, 4.69) is 22.5 Å². The van der Waals surface area contributed by atoms with Gasteiger partial charge in [0.1, 0.15) is 12.4 Å². The fraction of sp³-hybridized carbons (Fsp3) is 0.562. The first-order valence-corrected chi connectivity index (χ1v) is 7.39. The smallest absolute Gasteiger partial charge is 0.191 e. The van der Waals surface area contributed by atoms with Gasteiger partial charge < -0.3 is 20.1 Å². The van der Waals surface area contributed by atoms with E-state index < -0.39 is 0 Å². The van der Waals surface area contributed by atoms with Gasteiger partial charge in [-0.2, -0.15) is 0 Å². The Labute approximate surface area is 150 Å². The highest BCUT2D eigenvalue weighted by atomic mass is 127. The number of para-hydroxylation sites is 1. The number of benzene rings is 1. The zero-order chi connectivity index (χ0) is 15.5. The highest BCUT2D eigenvalue weighted by molar-refractivity contribution is 14.0. The number of rotatable bonds is 8. The summed E-state index contributed by atoms with van der Waals surface area (Å²) in [5.41, 5.74) is 1.14. The number of aryl methyl sites for hydroxylation is 1. The second-order valence-electron chi connectivity index (χ2n) is 4.88. The second-order valence-corrected chi connectivity index (χ2v) is 4.88. The highest BCUT2D eigenvalue weighted by Crippen LogP contribution is 2.15. The first-order valence-electron chi connectivity index (χ1n) is 7.39. The van der Waals surface area contributed by atoms with Gasteiger partial charge in [0, 0.05) is 19.7 Å². The monoisotopic (exact) mass is 421 g/mol. The summed E-state index contributed by atoms with van der Waals surface area (Å²) in [5, 5.41) is 6.50. The fourth-order valence-corrected chi connectivity index (χ4v) is 1.88. The predicted molar refractivity (Wildman–Crippen MR) is 103 cm³/mol. The standard InChI is InChI=1S/C16H27N3O2.HI/c1-5-17-16(19-14(3)12-20-4)18-10-11-21-15-9-7-6-8-13(15)2;/h6-9,14H,5,10-12H2,1-4H3,(H2,17,18,19);1H. The van der Waals surface area contributed by atoms with Crippen LogP contribution in [0.4, 0.5) is 0 Å². The van der Waals surface area contributed by atoms with Gasteiger partial charge in [-0.25, -0.2) is 4.99 Å². The van der Waals surface area contributed by atoms with Gasteiger partial charge in [0.25, 0.3) is 0 Å². The lowest BCUT2D eigenvalue weighted by atomic mass is 10.2. The van der Waals surface area contributed by atoms with Crippen LogP contribution in [0.1, 0.15) is 19.4 Å². The van der Waals surface area contributed by atoms with Crippen LogP contribution in [-0.4, -0.2) is 45.4 Å². The molecule has 126 valence electrons. The van der Waals surface area contributed by atoms with E-state index in [9.17, 15) is 0 Å². The van der Waals surface area contributed by atoms with Gasteiger partial charge in [-0.15, -0.1) is 24.0 Å². The number of halogens is 1. The van der Waals surface area contributed by atoms with Crippen LogP contribution >= 0.6 is 24.0 Å². The molecule has 0 aromatic heterocycles. The molecule has 0 saturated heterocycles. The summed E-state index contributed by atoms with van der Waals surface area (Å²) in [4.78, 5) is 4.49. The fourth-order valence-electron chi connectivity index (χ4n) is 1.88. The molecular formula is C16H28IN3O2. The SMILES string of the molecule is CCNC(=NCCOc1ccccc1C)NC(C)COC.I. The van der Waals surface area contributed by atoms with Gasteiger partial charge in [-0.3, -0.25) is 0 Å². The molecule has 0 aliphatic heterocycles. The lowest BCUT2D eigenvalue weighted by Gasteiger charge is -2.17. The lowest BCUT2D eigenvalue weighted by molar-refractivity contribution is 0.179. The molecule has 0 radical (unpaired) electrons. The second kappa shape index (κ2) is 12.5. The minimum atomic E-state index is 0. The van der Waals surface area contributed by atoms with E-state index in [-0.39, 0.29) is 30.0 Å². The Morgan fingerprint density at radius 1 is 1.32 bits per heavy atom. The zero-order valence-electron chi connectivity index (χ0n) is 13.9. The van der Waals surface area contributed by atoms with Crippen LogP contribution in [0.15, 0.2) is 29.3 Å². The molecule has 1 aromatic rings. The van der Waals surface area contributed by atoms with Crippen LogP contribution in [-0.2, 0) is 4.74 Å². The van der Waals surface area contributed by atoms with Crippen molar-refractivity contribution in [3.8, 4) is 5.75 Å². The maximum absolute atomic E-state index is 5.73. The van der Waals surface area contributed by atoms with Crippen molar-refractivity contribution < 1.29 is 9.47 Å². The first kappa shape index (κ1) is 21.0. The Bertz CT molecular complexity index is 441. The third-order valence-corrected chi connectivity index (χ3v) is 2.86. The maximum atomic E-state index is 5.73. The Morgan fingerprint density at radius 3 is 2.68 bits per heavy atom. The van der Waals surface area contributed by atoms with Gasteiger partial charge >= 0.3 is 0 Å². The minimum absolute atomic E-state index is 0. The van der Waals surface area contributed by atoms with Crippen LogP contribution in [0.5, 0.6) is 5.75 Å². The third-order valence-electron chi connectivity index (χ3n) is 2.86. The summed E-state index contributed by atoms with van der Waals surface area (Å²) in [5.74, 6) is 1.70. The Kier molecular flexibility index (Phi) is 11.9. The predicted octanol–water partition coefficient (Wildman–Crippen LogP) is 2.58. The summed E-state index contributed by atoms with van der Waals surface area (Å²) in [7, 11) is 1.69. The number of hydrogen-bond donors (Lipinski definition) is 2. The molecule has 1 unspecified atom stereocenters. The molecule has 0 saturated carbocycles. The molecule has 5 nitrogen and oxygen atoms in total. The molecule has 0 heterocycles. The summed E-state index contributed by atoms with van der Waals surface area (Å²) in [6, 6.07) is 8.21. The molecule has 1 aromatic carbocycles. The number of aliphatic imine (C=N–C) groups is 1. The number of methoxy groups -OCH3 is 1. The number of nitrogens with one attached hydrogen (secondary N) is 2. The van der Waals surface area contributed by atoms with Crippen molar-refractivity contribution in [2.45, 2.75) is 26.8 Å². The van der Waals surface area contributed by atoms with E-state index in [1.165, 1.54) is 0 Å². The summed E-state index contributed by atoms with van der Waals surface area (Å²) in [6.07, 6.45) is 0. The largest absolute Gasteiger partial charge is 0.491 e. The van der Waals surface area contributed by atoms with Crippen molar-refractivity contribution in [2.24, 2.45) is 4.99 Å². The molecule has 2 N–H and O–H groups in total. The summed E-state index contributed by atoms with van der Waals surface area (Å²) < 4.78 is 10.8. The molecule has 0 fully saturated rings. The average Bonchev–Trinajstić information content (AvgIpc) is 2.45. The molecule has 1 rings (SSSR count). The van der Waals surface area contributed by atoms with Crippen LogP contribution in [0.25, 0.3) is 0 Å². The quantitative estimate of drug-likeness (QED) is 0.293. The molecule has 0 bridgehead atoms. The lowest BCUT2D eigenvalue weighted by Crippen LogP contribution is -2.44. The normalized spacial score (nSPS) is 12.3. The molecule has 0 aliphatic carbocycles. The van der Waals surface area contributed by atoms with E-state index in [4.69, 9.17) is 9.47 Å². The highest BCUT2D eigenvalue weighted by Gasteiger charge is 2.04.